The molecule has 1 aromatic rings. The monoisotopic (exact) mass is 274 g/mol. The van der Waals surface area contributed by atoms with Gasteiger partial charge >= 0.3 is 0 Å². The summed E-state index contributed by atoms with van der Waals surface area (Å²) < 4.78 is 5.23. The van der Waals surface area contributed by atoms with Crippen LogP contribution in [0.3, 0.4) is 0 Å². The van der Waals surface area contributed by atoms with Gasteiger partial charge in [-0.2, -0.15) is 5.26 Å². The normalized spacial score (nSPS) is 22.1. The van der Waals surface area contributed by atoms with E-state index in [1.165, 1.54) is 25.7 Å². The standard InChI is InChI=1S/C15H22N4O/c1-17-11-4-6-12(7-5-11)19(2)13-8-15(20-3)14(9-16)18-10-13/h8,10-12,17H,4-7H2,1-3H3. The first kappa shape index (κ1) is 14.6. The van der Waals surface area contributed by atoms with E-state index >= 15 is 0 Å². The van der Waals surface area contributed by atoms with Gasteiger partial charge in [0.25, 0.3) is 0 Å². The molecule has 0 aromatic carbocycles. The summed E-state index contributed by atoms with van der Waals surface area (Å²) >= 11 is 0. The molecule has 5 heteroatoms. The molecule has 0 spiro atoms. The van der Waals surface area contributed by atoms with Gasteiger partial charge in [-0.3, -0.25) is 0 Å². The molecule has 0 radical (unpaired) electrons. The molecule has 1 N–H and O–H groups in total. The average Bonchev–Trinajstić information content (AvgIpc) is 2.53. The lowest BCUT2D eigenvalue weighted by Crippen LogP contribution is -2.39. The van der Waals surface area contributed by atoms with Crippen LogP contribution in [0, 0.1) is 11.3 Å². The number of hydrogen-bond acceptors (Lipinski definition) is 5. The number of nitrogens with one attached hydrogen (secondary N) is 1. The number of methoxy groups -OCH3 is 1. The van der Waals surface area contributed by atoms with Crippen molar-refractivity contribution in [2.75, 3.05) is 26.1 Å². The first-order valence-electron chi connectivity index (χ1n) is 7.03. The van der Waals surface area contributed by atoms with E-state index in [1.807, 2.05) is 19.2 Å². The zero-order chi connectivity index (χ0) is 14.5. The van der Waals surface area contributed by atoms with Crippen molar-refractivity contribution < 1.29 is 4.74 Å². The van der Waals surface area contributed by atoms with E-state index in [-0.39, 0.29) is 0 Å². The second-order valence-corrected chi connectivity index (χ2v) is 5.26. The number of hydrogen-bond donors (Lipinski definition) is 1. The molecule has 1 aliphatic carbocycles. The van der Waals surface area contributed by atoms with Crippen LogP contribution in [0.4, 0.5) is 5.69 Å². The number of ether oxygens (including phenoxy) is 1. The van der Waals surface area contributed by atoms with Crippen LogP contribution < -0.4 is 15.0 Å². The third kappa shape index (κ3) is 3.02. The Morgan fingerprint density at radius 1 is 1.40 bits per heavy atom. The third-order valence-electron chi connectivity index (χ3n) is 4.22. The molecule has 1 fully saturated rings. The molecule has 1 aromatic heterocycles. The molecule has 1 heterocycles. The second-order valence-electron chi connectivity index (χ2n) is 5.26. The van der Waals surface area contributed by atoms with Crippen molar-refractivity contribution in [1.29, 1.82) is 5.26 Å². The highest BCUT2D eigenvalue weighted by atomic mass is 16.5. The van der Waals surface area contributed by atoms with Gasteiger partial charge in [-0.25, -0.2) is 4.98 Å². The highest BCUT2D eigenvalue weighted by Gasteiger charge is 2.24. The molecule has 0 atom stereocenters. The van der Waals surface area contributed by atoms with E-state index in [2.05, 4.69) is 22.2 Å². The molecule has 0 unspecified atom stereocenters. The molecular weight excluding hydrogens is 252 g/mol. The van der Waals surface area contributed by atoms with E-state index in [0.29, 0.717) is 23.5 Å². The van der Waals surface area contributed by atoms with Gasteiger partial charge in [-0.15, -0.1) is 0 Å². The Morgan fingerprint density at radius 3 is 2.65 bits per heavy atom. The molecule has 1 aliphatic rings. The lowest BCUT2D eigenvalue weighted by molar-refractivity contribution is 0.351. The maximum Gasteiger partial charge on any atom is 0.182 e. The Bertz CT molecular complexity index is 489. The van der Waals surface area contributed by atoms with Gasteiger partial charge < -0.3 is 15.0 Å². The van der Waals surface area contributed by atoms with E-state index in [0.717, 1.165) is 5.69 Å². The zero-order valence-electron chi connectivity index (χ0n) is 12.4. The highest BCUT2D eigenvalue weighted by Crippen LogP contribution is 2.28. The summed E-state index contributed by atoms with van der Waals surface area (Å²) in [5.74, 6) is 0.542. The van der Waals surface area contributed by atoms with Crippen LogP contribution in [0.1, 0.15) is 31.4 Å². The van der Waals surface area contributed by atoms with Crippen molar-refractivity contribution in [3.63, 3.8) is 0 Å². The fourth-order valence-corrected chi connectivity index (χ4v) is 2.83. The molecule has 108 valence electrons. The number of anilines is 1. The first-order chi connectivity index (χ1) is 9.69. The Kier molecular flexibility index (Phi) is 4.80. The van der Waals surface area contributed by atoms with Crippen molar-refractivity contribution in [2.45, 2.75) is 37.8 Å². The first-order valence-corrected chi connectivity index (χ1v) is 7.03. The van der Waals surface area contributed by atoms with Gasteiger partial charge in [0.2, 0.25) is 0 Å². The molecule has 5 nitrogen and oxygen atoms in total. The molecule has 1 saturated carbocycles. The van der Waals surface area contributed by atoms with Crippen LogP contribution in [-0.4, -0.2) is 38.3 Å². The summed E-state index contributed by atoms with van der Waals surface area (Å²) in [6.07, 6.45) is 6.50. The van der Waals surface area contributed by atoms with Gasteiger partial charge in [-0.05, 0) is 32.7 Å². The summed E-state index contributed by atoms with van der Waals surface area (Å²) in [7, 11) is 5.69. The largest absolute Gasteiger partial charge is 0.494 e. The summed E-state index contributed by atoms with van der Waals surface area (Å²) in [5, 5.41) is 12.3. The molecule has 20 heavy (non-hydrogen) atoms. The number of nitriles is 1. The molecular formula is C15H22N4O. The number of rotatable bonds is 4. The maximum atomic E-state index is 8.97. The van der Waals surface area contributed by atoms with Gasteiger partial charge in [0.05, 0.1) is 19.0 Å². The molecule has 2 rings (SSSR count). The summed E-state index contributed by atoms with van der Waals surface area (Å²) in [4.78, 5) is 6.43. The van der Waals surface area contributed by atoms with Crippen molar-refractivity contribution in [2.24, 2.45) is 0 Å². The third-order valence-corrected chi connectivity index (χ3v) is 4.22. The molecule has 0 amide bonds. The topological polar surface area (TPSA) is 61.2 Å². The van der Waals surface area contributed by atoms with Crippen molar-refractivity contribution >= 4 is 5.69 Å². The van der Waals surface area contributed by atoms with Crippen LogP contribution in [0.25, 0.3) is 0 Å². The van der Waals surface area contributed by atoms with Crippen molar-refractivity contribution in [1.82, 2.24) is 10.3 Å². The van der Waals surface area contributed by atoms with E-state index in [4.69, 9.17) is 10.00 Å². The van der Waals surface area contributed by atoms with Crippen LogP contribution >= 0.6 is 0 Å². The highest BCUT2D eigenvalue weighted by molar-refractivity contribution is 5.53. The lowest BCUT2D eigenvalue weighted by Gasteiger charge is -2.35. The minimum atomic E-state index is 0.337. The summed E-state index contributed by atoms with van der Waals surface area (Å²) in [6.45, 7) is 0. The minimum absolute atomic E-state index is 0.337. The van der Waals surface area contributed by atoms with Crippen LogP contribution in [0.5, 0.6) is 5.75 Å². The van der Waals surface area contributed by atoms with Gasteiger partial charge in [0.15, 0.2) is 11.4 Å². The SMILES string of the molecule is CNC1CCC(N(C)c2cnc(C#N)c(OC)c2)CC1. The quantitative estimate of drug-likeness (QED) is 0.909. The number of nitrogens with zero attached hydrogens (tertiary/aromatic N) is 3. The summed E-state index contributed by atoms with van der Waals surface area (Å²) in [5.41, 5.74) is 1.34. The predicted octanol–water partition coefficient (Wildman–Crippen LogP) is 1.93. The molecule has 0 saturated heterocycles. The molecule has 0 aliphatic heterocycles. The fourth-order valence-electron chi connectivity index (χ4n) is 2.83. The van der Waals surface area contributed by atoms with Crippen LogP contribution in [0.2, 0.25) is 0 Å². The lowest BCUT2D eigenvalue weighted by atomic mass is 9.90. The Balaban J connectivity index is 2.10. The van der Waals surface area contributed by atoms with Crippen molar-refractivity contribution in [3.8, 4) is 11.8 Å². The zero-order valence-corrected chi connectivity index (χ0v) is 12.4. The number of aromatic nitrogens is 1. The van der Waals surface area contributed by atoms with Crippen LogP contribution in [-0.2, 0) is 0 Å². The predicted molar refractivity (Wildman–Crippen MR) is 79.0 cm³/mol. The van der Waals surface area contributed by atoms with Gasteiger partial charge in [0, 0.05) is 25.2 Å². The second kappa shape index (κ2) is 6.58. The smallest absolute Gasteiger partial charge is 0.182 e. The van der Waals surface area contributed by atoms with E-state index in [1.54, 1.807) is 13.3 Å². The number of pyridine rings is 1. The molecule has 0 bridgehead atoms. The van der Waals surface area contributed by atoms with Crippen LogP contribution in [0.15, 0.2) is 12.3 Å². The Hall–Kier alpha value is -1.80. The maximum absolute atomic E-state index is 8.97. The van der Waals surface area contributed by atoms with Crippen molar-refractivity contribution in [3.05, 3.63) is 18.0 Å². The summed E-state index contributed by atoms with van der Waals surface area (Å²) in [6, 6.07) is 5.11. The van der Waals surface area contributed by atoms with E-state index < -0.39 is 0 Å². The average molecular weight is 274 g/mol. The van der Waals surface area contributed by atoms with E-state index in [9.17, 15) is 0 Å². The van der Waals surface area contributed by atoms with Gasteiger partial charge in [0.1, 0.15) is 6.07 Å². The fraction of sp³-hybridized carbons (Fsp3) is 0.600. The Labute approximate surface area is 120 Å². The minimum Gasteiger partial charge on any atom is -0.494 e. The van der Waals surface area contributed by atoms with Gasteiger partial charge in [-0.1, -0.05) is 0 Å². The Morgan fingerprint density at radius 2 is 2.10 bits per heavy atom.